The van der Waals surface area contributed by atoms with Gasteiger partial charge in [-0.1, -0.05) is 31.4 Å². The topological polar surface area (TPSA) is 50.2 Å². The lowest BCUT2D eigenvalue weighted by Crippen LogP contribution is -2.04. The molecular formula is C16H17NO2S. The monoisotopic (exact) mass is 287 g/mol. The molecule has 0 saturated heterocycles. The molecule has 0 atom stereocenters. The van der Waals surface area contributed by atoms with Crippen LogP contribution in [0.25, 0.3) is 10.6 Å². The molecular weight excluding hydrogens is 270 g/mol. The Balaban J connectivity index is 1.80. The number of carbonyl (C=O) groups is 1. The second-order valence-corrected chi connectivity index (χ2v) is 6.15. The molecule has 1 saturated carbocycles. The molecule has 20 heavy (non-hydrogen) atoms. The Morgan fingerprint density at radius 3 is 2.50 bits per heavy atom. The van der Waals surface area contributed by atoms with Crippen molar-refractivity contribution in [2.75, 3.05) is 0 Å². The average molecular weight is 287 g/mol. The zero-order valence-electron chi connectivity index (χ0n) is 11.2. The molecule has 0 aliphatic heterocycles. The Morgan fingerprint density at radius 1 is 1.15 bits per heavy atom. The van der Waals surface area contributed by atoms with Crippen molar-refractivity contribution in [3.05, 3.63) is 40.9 Å². The van der Waals surface area contributed by atoms with Gasteiger partial charge in [0.15, 0.2) is 0 Å². The molecule has 1 aliphatic carbocycles. The number of thiazole rings is 1. The van der Waals surface area contributed by atoms with Gasteiger partial charge < -0.3 is 5.11 Å². The van der Waals surface area contributed by atoms with E-state index >= 15 is 0 Å². The molecule has 104 valence electrons. The van der Waals surface area contributed by atoms with E-state index < -0.39 is 5.97 Å². The minimum absolute atomic E-state index is 0.317. The lowest BCUT2D eigenvalue weighted by molar-refractivity contribution is 0.0697. The van der Waals surface area contributed by atoms with Gasteiger partial charge in [0.1, 0.15) is 5.01 Å². The number of hydrogen-bond donors (Lipinski definition) is 1. The van der Waals surface area contributed by atoms with Crippen molar-refractivity contribution in [1.29, 1.82) is 0 Å². The molecule has 3 rings (SSSR count). The highest BCUT2D eigenvalue weighted by atomic mass is 32.1. The summed E-state index contributed by atoms with van der Waals surface area (Å²) in [5.41, 5.74) is 2.53. The minimum atomic E-state index is -0.890. The van der Waals surface area contributed by atoms with E-state index in [0.29, 0.717) is 11.5 Å². The maximum atomic E-state index is 10.8. The van der Waals surface area contributed by atoms with Crippen molar-refractivity contribution >= 4 is 17.3 Å². The summed E-state index contributed by atoms with van der Waals surface area (Å²) in [6.07, 6.45) is 6.47. The highest BCUT2D eigenvalue weighted by Crippen LogP contribution is 2.35. The van der Waals surface area contributed by atoms with Gasteiger partial charge in [0.05, 0.1) is 11.3 Å². The molecule has 1 N–H and O–H groups in total. The quantitative estimate of drug-likeness (QED) is 0.900. The van der Waals surface area contributed by atoms with E-state index in [2.05, 4.69) is 5.38 Å². The van der Waals surface area contributed by atoms with Gasteiger partial charge in [-0.05, 0) is 25.0 Å². The van der Waals surface area contributed by atoms with Gasteiger partial charge in [-0.2, -0.15) is 0 Å². The molecule has 1 aromatic heterocycles. The van der Waals surface area contributed by atoms with E-state index in [-0.39, 0.29) is 0 Å². The predicted octanol–water partition coefficient (Wildman–Crippen LogP) is 4.56. The zero-order valence-corrected chi connectivity index (χ0v) is 12.0. The van der Waals surface area contributed by atoms with Gasteiger partial charge in [-0.3, -0.25) is 0 Å². The molecule has 0 unspecified atom stereocenters. The third-order valence-corrected chi connectivity index (χ3v) is 4.83. The highest BCUT2D eigenvalue weighted by Gasteiger charge is 2.18. The van der Waals surface area contributed by atoms with E-state index in [4.69, 9.17) is 10.1 Å². The number of rotatable bonds is 3. The maximum absolute atomic E-state index is 10.8. The number of carboxylic acids is 1. The summed E-state index contributed by atoms with van der Waals surface area (Å²) in [6.45, 7) is 0. The van der Waals surface area contributed by atoms with Crippen LogP contribution in [0.5, 0.6) is 0 Å². The first-order valence-corrected chi connectivity index (χ1v) is 7.91. The molecule has 1 aliphatic rings. The summed E-state index contributed by atoms with van der Waals surface area (Å²) in [6, 6.07) is 6.96. The van der Waals surface area contributed by atoms with E-state index in [1.54, 1.807) is 23.5 Å². The summed E-state index contributed by atoms with van der Waals surface area (Å²) in [5.74, 6) is -0.273. The predicted molar refractivity (Wildman–Crippen MR) is 80.3 cm³/mol. The van der Waals surface area contributed by atoms with Crippen LogP contribution in [0.3, 0.4) is 0 Å². The van der Waals surface area contributed by atoms with Gasteiger partial charge >= 0.3 is 5.97 Å². The summed E-state index contributed by atoms with van der Waals surface area (Å²) < 4.78 is 0. The SMILES string of the molecule is O=C(O)c1ccc(-c2nc(C3CCCCC3)cs2)cc1. The van der Waals surface area contributed by atoms with Gasteiger partial charge in [0, 0.05) is 16.9 Å². The van der Waals surface area contributed by atoms with Crippen LogP contribution in [0.15, 0.2) is 29.6 Å². The summed E-state index contributed by atoms with van der Waals surface area (Å²) in [4.78, 5) is 15.6. The first-order chi connectivity index (χ1) is 9.74. The van der Waals surface area contributed by atoms with E-state index in [1.165, 1.54) is 37.8 Å². The number of carboxylic acid groups (broad SMARTS) is 1. The number of aromatic carboxylic acids is 1. The van der Waals surface area contributed by atoms with E-state index in [0.717, 1.165) is 10.6 Å². The lowest BCUT2D eigenvalue weighted by Gasteiger charge is -2.19. The van der Waals surface area contributed by atoms with Crippen LogP contribution in [0.1, 0.15) is 54.1 Å². The highest BCUT2D eigenvalue weighted by molar-refractivity contribution is 7.13. The Kier molecular flexibility index (Phi) is 3.83. The van der Waals surface area contributed by atoms with Crippen LogP contribution in [-0.4, -0.2) is 16.1 Å². The minimum Gasteiger partial charge on any atom is -0.478 e. The normalized spacial score (nSPS) is 16.2. The molecule has 0 spiro atoms. The fraction of sp³-hybridized carbons (Fsp3) is 0.375. The van der Waals surface area contributed by atoms with Crippen LogP contribution in [0.4, 0.5) is 0 Å². The third-order valence-electron chi connectivity index (χ3n) is 3.92. The lowest BCUT2D eigenvalue weighted by atomic mass is 9.87. The summed E-state index contributed by atoms with van der Waals surface area (Å²) in [5, 5.41) is 12.1. The van der Waals surface area contributed by atoms with Crippen LogP contribution >= 0.6 is 11.3 Å². The third kappa shape index (κ3) is 2.75. The van der Waals surface area contributed by atoms with Crippen molar-refractivity contribution in [3.8, 4) is 10.6 Å². The molecule has 1 aromatic carbocycles. The molecule has 2 aromatic rings. The van der Waals surface area contributed by atoms with Gasteiger partial charge in [-0.15, -0.1) is 11.3 Å². The Morgan fingerprint density at radius 2 is 1.85 bits per heavy atom. The fourth-order valence-electron chi connectivity index (χ4n) is 2.76. The second kappa shape index (κ2) is 5.75. The van der Waals surface area contributed by atoms with Crippen molar-refractivity contribution in [3.63, 3.8) is 0 Å². The van der Waals surface area contributed by atoms with Gasteiger partial charge in [0.2, 0.25) is 0 Å². The number of hydrogen-bond acceptors (Lipinski definition) is 3. The summed E-state index contributed by atoms with van der Waals surface area (Å²) in [7, 11) is 0. The number of benzene rings is 1. The smallest absolute Gasteiger partial charge is 0.335 e. The van der Waals surface area contributed by atoms with Gasteiger partial charge in [0.25, 0.3) is 0 Å². The first-order valence-electron chi connectivity index (χ1n) is 7.03. The van der Waals surface area contributed by atoms with Crippen LogP contribution in [-0.2, 0) is 0 Å². The summed E-state index contributed by atoms with van der Waals surface area (Å²) >= 11 is 1.65. The largest absolute Gasteiger partial charge is 0.478 e. The van der Waals surface area contributed by atoms with Crippen LogP contribution in [0, 0.1) is 0 Å². The molecule has 0 radical (unpaired) electrons. The first kappa shape index (κ1) is 13.3. The number of nitrogens with zero attached hydrogens (tertiary/aromatic N) is 1. The zero-order chi connectivity index (χ0) is 13.9. The molecule has 0 bridgehead atoms. The second-order valence-electron chi connectivity index (χ2n) is 5.29. The molecule has 0 amide bonds. The molecule has 4 heteroatoms. The van der Waals surface area contributed by atoms with Crippen molar-refractivity contribution in [1.82, 2.24) is 4.98 Å². The van der Waals surface area contributed by atoms with E-state index in [9.17, 15) is 4.79 Å². The Bertz CT molecular complexity index is 597. The van der Waals surface area contributed by atoms with Crippen LogP contribution < -0.4 is 0 Å². The maximum Gasteiger partial charge on any atom is 0.335 e. The Hall–Kier alpha value is -1.68. The van der Waals surface area contributed by atoms with Crippen molar-refractivity contribution in [2.45, 2.75) is 38.0 Å². The molecule has 1 heterocycles. The van der Waals surface area contributed by atoms with Crippen molar-refractivity contribution in [2.24, 2.45) is 0 Å². The van der Waals surface area contributed by atoms with Gasteiger partial charge in [-0.25, -0.2) is 9.78 Å². The Labute approximate surface area is 122 Å². The average Bonchev–Trinajstić information content (AvgIpc) is 2.98. The van der Waals surface area contributed by atoms with Crippen LogP contribution in [0.2, 0.25) is 0 Å². The number of aromatic nitrogens is 1. The standard InChI is InChI=1S/C16H17NO2S/c18-16(19)13-8-6-12(7-9-13)15-17-14(10-20-15)11-4-2-1-3-5-11/h6-11H,1-5H2,(H,18,19). The molecule has 3 nitrogen and oxygen atoms in total. The fourth-order valence-corrected chi connectivity index (χ4v) is 3.67. The van der Waals surface area contributed by atoms with Crippen molar-refractivity contribution < 1.29 is 9.90 Å². The van der Waals surface area contributed by atoms with E-state index in [1.807, 2.05) is 12.1 Å². The molecule has 1 fully saturated rings.